The van der Waals surface area contributed by atoms with Gasteiger partial charge in [0.1, 0.15) is 5.75 Å². The van der Waals surface area contributed by atoms with Crippen LogP contribution in [0.2, 0.25) is 0 Å². The lowest BCUT2D eigenvalue weighted by Crippen LogP contribution is -2.42. The molecule has 76 valence electrons. The first kappa shape index (κ1) is 10.5. The van der Waals surface area contributed by atoms with E-state index in [9.17, 15) is 9.90 Å². The van der Waals surface area contributed by atoms with Gasteiger partial charge in [-0.15, -0.1) is 0 Å². The molecule has 0 bridgehead atoms. The number of aromatic hydroxyl groups is 1. The van der Waals surface area contributed by atoms with Crippen LogP contribution in [0.25, 0.3) is 0 Å². The number of carboxylic acids is 1. The first-order valence-electron chi connectivity index (χ1n) is 4.34. The number of benzene rings is 1. The van der Waals surface area contributed by atoms with E-state index in [4.69, 9.17) is 10.8 Å². The molecule has 1 aromatic rings. The topological polar surface area (TPSA) is 86.4 Å². The Labute approximate surface area is 82.0 Å². The highest BCUT2D eigenvalue weighted by Gasteiger charge is 2.03. The van der Waals surface area contributed by atoms with Crippen molar-refractivity contribution < 1.29 is 15.0 Å². The van der Waals surface area contributed by atoms with E-state index in [1.54, 1.807) is 24.3 Å². The van der Waals surface area contributed by atoms with Crippen LogP contribution in [-0.2, 0) is 11.2 Å². The zero-order chi connectivity index (χ0) is 10.6. The molecule has 0 radical (unpaired) electrons. The van der Waals surface area contributed by atoms with Crippen LogP contribution in [0.4, 0.5) is 0 Å². The number of hydrogen-bond acceptors (Lipinski definition) is 4. The molecule has 0 spiro atoms. The maximum atomic E-state index is 10.3. The van der Waals surface area contributed by atoms with Gasteiger partial charge in [-0.25, -0.2) is 0 Å². The van der Waals surface area contributed by atoms with Gasteiger partial charge in [0.2, 0.25) is 0 Å². The summed E-state index contributed by atoms with van der Waals surface area (Å²) in [5.41, 5.74) is 6.23. The number of nitrogens with two attached hydrogens (primary N) is 1. The summed E-state index contributed by atoms with van der Waals surface area (Å²) in [7, 11) is 0. The summed E-state index contributed by atoms with van der Waals surface area (Å²) in [6, 6.07) is 5.65. The number of phenols is 1. The molecule has 0 aromatic heterocycles. The van der Waals surface area contributed by atoms with E-state index in [0.29, 0.717) is 12.8 Å². The normalized spacial score (nSPS) is 12.4. The first-order valence-corrected chi connectivity index (χ1v) is 4.34. The summed E-state index contributed by atoms with van der Waals surface area (Å²) >= 11 is 0. The zero-order valence-corrected chi connectivity index (χ0v) is 7.64. The number of carbonyl (C=O) groups excluding carboxylic acids is 1. The van der Waals surface area contributed by atoms with Gasteiger partial charge in [-0.2, -0.15) is 0 Å². The number of carbonyl (C=O) groups is 1. The number of phenolic OH excluding ortho intramolecular Hbond substituents is 1. The summed E-state index contributed by atoms with van der Waals surface area (Å²) in [5, 5.41) is 19.3. The summed E-state index contributed by atoms with van der Waals surface area (Å²) in [5.74, 6) is -1.04. The Kier molecular flexibility index (Phi) is 3.48. The van der Waals surface area contributed by atoms with Gasteiger partial charge in [-0.1, -0.05) is 12.1 Å². The standard InChI is InChI=1S/C10H13NO3/c11-9(10(13)14)6-3-7-1-4-8(12)5-2-7/h1-2,4-5,9,12H,3,6,11H2,(H,13,14)/p-1/t9-/m0/s1. The zero-order valence-electron chi connectivity index (χ0n) is 7.64. The van der Waals surface area contributed by atoms with Gasteiger partial charge in [-0.05, 0) is 30.5 Å². The fraction of sp³-hybridized carbons (Fsp3) is 0.300. The lowest BCUT2D eigenvalue weighted by Gasteiger charge is -2.11. The largest absolute Gasteiger partial charge is 0.548 e. The van der Waals surface area contributed by atoms with Crippen molar-refractivity contribution in [1.29, 1.82) is 0 Å². The van der Waals surface area contributed by atoms with Crippen LogP contribution in [0, 0.1) is 0 Å². The van der Waals surface area contributed by atoms with Crippen LogP contribution in [0.15, 0.2) is 24.3 Å². The maximum absolute atomic E-state index is 10.3. The minimum absolute atomic E-state index is 0.193. The van der Waals surface area contributed by atoms with Crippen molar-refractivity contribution in [3.05, 3.63) is 29.8 Å². The summed E-state index contributed by atoms with van der Waals surface area (Å²) < 4.78 is 0. The monoisotopic (exact) mass is 194 g/mol. The molecule has 0 unspecified atom stereocenters. The third-order valence-electron chi connectivity index (χ3n) is 1.98. The van der Waals surface area contributed by atoms with Crippen LogP contribution in [0.5, 0.6) is 5.75 Å². The Hall–Kier alpha value is -1.55. The number of carboxylic acid groups (broad SMARTS) is 1. The predicted octanol–water partition coefficient (Wildman–Crippen LogP) is -0.598. The van der Waals surface area contributed by atoms with E-state index in [1.165, 1.54) is 0 Å². The van der Waals surface area contributed by atoms with E-state index in [2.05, 4.69) is 0 Å². The second-order valence-electron chi connectivity index (χ2n) is 3.13. The quantitative estimate of drug-likeness (QED) is 0.670. The molecule has 0 amide bonds. The van der Waals surface area contributed by atoms with Crippen molar-refractivity contribution >= 4 is 5.97 Å². The molecule has 0 aliphatic carbocycles. The summed E-state index contributed by atoms with van der Waals surface area (Å²) in [6.07, 6.45) is 0.905. The molecular formula is C10H12NO3-. The number of aryl methyl sites for hydroxylation is 1. The third-order valence-corrected chi connectivity index (χ3v) is 1.98. The van der Waals surface area contributed by atoms with E-state index in [1.807, 2.05) is 0 Å². The molecule has 0 fully saturated rings. The fourth-order valence-corrected chi connectivity index (χ4v) is 1.10. The smallest absolute Gasteiger partial charge is 0.115 e. The van der Waals surface area contributed by atoms with E-state index >= 15 is 0 Å². The molecule has 3 N–H and O–H groups in total. The van der Waals surface area contributed by atoms with E-state index < -0.39 is 12.0 Å². The molecule has 4 nitrogen and oxygen atoms in total. The van der Waals surface area contributed by atoms with Crippen LogP contribution >= 0.6 is 0 Å². The third kappa shape index (κ3) is 3.06. The Bertz CT molecular complexity index is 308. The number of aliphatic carboxylic acids is 1. The molecule has 4 heteroatoms. The molecule has 0 heterocycles. The molecule has 0 saturated carbocycles. The van der Waals surface area contributed by atoms with Gasteiger partial charge in [0.25, 0.3) is 0 Å². The van der Waals surface area contributed by atoms with Crippen molar-refractivity contribution in [2.75, 3.05) is 0 Å². The molecule has 1 rings (SSSR count). The lowest BCUT2D eigenvalue weighted by molar-refractivity contribution is -0.307. The SMILES string of the molecule is N[C@@H](CCc1ccc(O)cc1)C(=O)[O-]. The minimum Gasteiger partial charge on any atom is -0.548 e. The van der Waals surface area contributed by atoms with Crippen molar-refractivity contribution in [3.63, 3.8) is 0 Å². The minimum atomic E-state index is -1.23. The summed E-state index contributed by atoms with van der Waals surface area (Å²) in [4.78, 5) is 10.3. The van der Waals surface area contributed by atoms with Gasteiger partial charge < -0.3 is 20.7 Å². The van der Waals surface area contributed by atoms with Crippen LogP contribution in [0.3, 0.4) is 0 Å². The molecule has 1 atom stereocenters. The number of rotatable bonds is 4. The van der Waals surface area contributed by atoms with Crippen molar-refractivity contribution in [2.45, 2.75) is 18.9 Å². The molecular weight excluding hydrogens is 182 g/mol. The first-order chi connectivity index (χ1) is 6.59. The van der Waals surface area contributed by atoms with Crippen molar-refractivity contribution in [3.8, 4) is 5.75 Å². The Balaban J connectivity index is 2.46. The highest BCUT2D eigenvalue weighted by molar-refractivity contribution is 5.70. The van der Waals surface area contributed by atoms with Gasteiger partial charge in [0.05, 0.1) is 5.97 Å². The maximum Gasteiger partial charge on any atom is 0.115 e. The Morgan fingerprint density at radius 3 is 2.50 bits per heavy atom. The predicted molar refractivity (Wildman–Crippen MR) is 49.4 cm³/mol. The van der Waals surface area contributed by atoms with Gasteiger partial charge in [-0.3, -0.25) is 0 Å². The summed E-state index contributed by atoms with van der Waals surface area (Å²) in [6.45, 7) is 0. The van der Waals surface area contributed by atoms with E-state index in [0.717, 1.165) is 5.56 Å². The van der Waals surface area contributed by atoms with Crippen LogP contribution in [0.1, 0.15) is 12.0 Å². The lowest BCUT2D eigenvalue weighted by atomic mass is 10.1. The second-order valence-corrected chi connectivity index (χ2v) is 3.13. The number of hydrogen-bond donors (Lipinski definition) is 2. The molecule has 1 aromatic carbocycles. The second kappa shape index (κ2) is 4.62. The Morgan fingerprint density at radius 1 is 1.43 bits per heavy atom. The van der Waals surface area contributed by atoms with Gasteiger partial charge in [0.15, 0.2) is 0 Å². The van der Waals surface area contributed by atoms with Crippen LogP contribution < -0.4 is 10.8 Å². The fourth-order valence-electron chi connectivity index (χ4n) is 1.10. The highest BCUT2D eigenvalue weighted by Crippen LogP contribution is 2.11. The molecule has 14 heavy (non-hydrogen) atoms. The average Bonchev–Trinajstić information content (AvgIpc) is 2.16. The van der Waals surface area contributed by atoms with Gasteiger partial charge >= 0.3 is 0 Å². The highest BCUT2D eigenvalue weighted by atomic mass is 16.4. The van der Waals surface area contributed by atoms with E-state index in [-0.39, 0.29) is 5.75 Å². The average molecular weight is 194 g/mol. The molecule has 0 aliphatic heterocycles. The molecule has 0 aliphatic rings. The van der Waals surface area contributed by atoms with Crippen molar-refractivity contribution in [1.82, 2.24) is 0 Å². The van der Waals surface area contributed by atoms with Crippen molar-refractivity contribution in [2.24, 2.45) is 5.73 Å². The molecule has 0 saturated heterocycles. The van der Waals surface area contributed by atoms with Gasteiger partial charge in [0, 0.05) is 6.04 Å². The van der Waals surface area contributed by atoms with Crippen LogP contribution in [-0.4, -0.2) is 17.1 Å². The Morgan fingerprint density at radius 2 is 2.00 bits per heavy atom.